The highest BCUT2D eigenvalue weighted by Crippen LogP contribution is 2.25. The van der Waals surface area contributed by atoms with Crippen LogP contribution in [0, 0.1) is 12.7 Å². The van der Waals surface area contributed by atoms with Crippen molar-refractivity contribution in [3.05, 3.63) is 53.2 Å². The molecule has 4 nitrogen and oxygen atoms in total. The van der Waals surface area contributed by atoms with Crippen molar-refractivity contribution in [1.82, 2.24) is 5.16 Å². The van der Waals surface area contributed by atoms with E-state index in [4.69, 9.17) is 4.52 Å². The lowest BCUT2D eigenvalue weighted by atomic mass is 10.2. The third-order valence-corrected chi connectivity index (χ3v) is 4.93. The number of hydrogen-bond donors (Lipinski definition) is 0. The molecule has 0 amide bonds. The zero-order valence-electron chi connectivity index (χ0n) is 10.6. The number of benzene rings is 1. The summed E-state index contributed by atoms with van der Waals surface area (Å²) in [6.07, 6.45) is 0. The predicted molar refractivity (Wildman–Crippen MR) is 68.7 cm³/mol. The molecule has 0 unspecified atom stereocenters. The van der Waals surface area contributed by atoms with Crippen molar-refractivity contribution in [2.75, 3.05) is 0 Å². The second-order valence-electron chi connectivity index (χ2n) is 4.44. The first-order valence-electron chi connectivity index (χ1n) is 5.78. The van der Waals surface area contributed by atoms with Gasteiger partial charge >= 0.3 is 0 Å². The van der Waals surface area contributed by atoms with Crippen LogP contribution >= 0.6 is 0 Å². The SMILES string of the molecule is Cc1cc(CS(=O)(=O)[C@H](C)c2ccc(F)cc2)on1. The first-order chi connectivity index (χ1) is 8.88. The van der Waals surface area contributed by atoms with Gasteiger partial charge in [0.15, 0.2) is 15.6 Å². The predicted octanol–water partition coefficient (Wildman–Crippen LogP) is 2.80. The molecule has 1 aromatic heterocycles. The van der Waals surface area contributed by atoms with Crippen molar-refractivity contribution in [2.24, 2.45) is 0 Å². The third-order valence-electron chi connectivity index (χ3n) is 2.90. The molecule has 0 aliphatic heterocycles. The summed E-state index contributed by atoms with van der Waals surface area (Å²) in [7, 11) is -3.42. The Morgan fingerprint density at radius 2 is 1.95 bits per heavy atom. The highest BCUT2D eigenvalue weighted by atomic mass is 32.2. The Balaban J connectivity index is 2.21. The number of aromatic nitrogens is 1. The van der Waals surface area contributed by atoms with Crippen LogP contribution in [-0.4, -0.2) is 13.6 Å². The monoisotopic (exact) mass is 283 g/mol. The largest absolute Gasteiger partial charge is 0.360 e. The summed E-state index contributed by atoms with van der Waals surface area (Å²) in [5, 5.41) is 2.93. The van der Waals surface area contributed by atoms with Gasteiger partial charge in [-0.25, -0.2) is 12.8 Å². The smallest absolute Gasteiger partial charge is 0.164 e. The fourth-order valence-corrected chi connectivity index (χ4v) is 3.10. The number of hydrogen-bond acceptors (Lipinski definition) is 4. The van der Waals surface area contributed by atoms with Gasteiger partial charge in [0.05, 0.1) is 10.9 Å². The molecule has 0 spiro atoms. The maximum atomic E-state index is 12.8. The lowest BCUT2D eigenvalue weighted by molar-refractivity contribution is 0.388. The van der Waals surface area contributed by atoms with Crippen LogP contribution in [0.4, 0.5) is 4.39 Å². The number of aryl methyl sites for hydroxylation is 1. The van der Waals surface area contributed by atoms with Gasteiger partial charge in [0.1, 0.15) is 11.6 Å². The highest BCUT2D eigenvalue weighted by molar-refractivity contribution is 7.90. The van der Waals surface area contributed by atoms with E-state index in [9.17, 15) is 12.8 Å². The van der Waals surface area contributed by atoms with Crippen LogP contribution in [0.25, 0.3) is 0 Å². The Kier molecular flexibility index (Phi) is 3.71. The van der Waals surface area contributed by atoms with Gasteiger partial charge in [-0.05, 0) is 31.5 Å². The Bertz CT molecular complexity index is 661. The van der Waals surface area contributed by atoms with Crippen LogP contribution in [0.5, 0.6) is 0 Å². The Morgan fingerprint density at radius 3 is 2.47 bits per heavy atom. The zero-order chi connectivity index (χ0) is 14.0. The van der Waals surface area contributed by atoms with E-state index < -0.39 is 15.1 Å². The molecule has 0 aliphatic carbocycles. The van der Waals surface area contributed by atoms with E-state index >= 15 is 0 Å². The van der Waals surface area contributed by atoms with Crippen LogP contribution in [0.3, 0.4) is 0 Å². The van der Waals surface area contributed by atoms with E-state index in [0.717, 1.165) is 0 Å². The Labute approximate surface area is 111 Å². The highest BCUT2D eigenvalue weighted by Gasteiger charge is 2.24. The van der Waals surface area contributed by atoms with Crippen LogP contribution in [0.2, 0.25) is 0 Å². The summed E-state index contributed by atoms with van der Waals surface area (Å²) in [4.78, 5) is 0. The van der Waals surface area contributed by atoms with Gasteiger partial charge in [-0.1, -0.05) is 17.3 Å². The minimum atomic E-state index is -3.42. The van der Waals surface area contributed by atoms with Crippen molar-refractivity contribution < 1.29 is 17.3 Å². The maximum Gasteiger partial charge on any atom is 0.164 e. The number of halogens is 1. The minimum Gasteiger partial charge on any atom is -0.360 e. The molecule has 1 atom stereocenters. The van der Waals surface area contributed by atoms with Gasteiger partial charge in [0.2, 0.25) is 0 Å². The maximum absolute atomic E-state index is 12.8. The molecule has 0 N–H and O–H groups in total. The third kappa shape index (κ3) is 3.20. The molecule has 6 heteroatoms. The summed E-state index contributed by atoms with van der Waals surface area (Å²) in [5.41, 5.74) is 1.19. The van der Waals surface area contributed by atoms with E-state index in [1.165, 1.54) is 24.3 Å². The molecule has 1 heterocycles. The fraction of sp³-hybridized carbons (Fsp3) is 0.308. The summed E-state index contributed by atoms with van der Waals surface area (Å²) in [6.45, 7) is 3.30. The van der Waals surface area contributed by atoms with Gasteiger partial charge in [-0.2, -0.15) is 0 Å². The molecule has 0 saturated carbocycles. The number of sulfone groups is 1. The van der Waals surface area contributed by atoms with Gasteiger partial charge in [-0.3, -0.25) is 0 Å². The Hall–Kier alpha value is -1.69. The summed E-state index contributed by atoms with van der Waals surface area (Å²) >= 11 is 0. The van der Waals surface area contributed by atoms with E-state index in [1.807, 2.05) is 0 Å². The van der Waals surface area contributed by atoms with E-state index in [2.05, 4.69) is 5.16 Å². The van der Waals surface area contributed by atoms with E-state index in [-0.39, 0.29) is 11.6 Å². The topological polar surface area (TPSA) is 60.2 Å². The van der Waals surface area contributed by atoms with Gasteiger partial charge in [-0.15, -0.1) is 0 Å². The number of rotatable bonds is 4. The molecule has 1 aromatic carbocycles. The van der Waals surface area contributed by atoms with Crippen LogP contribution in [-0.2, 0) is 15.6 Å². The van der Waals surface area contributed by atoms with Crippen molar-refractivity contribution >= 4 is 9.84 Å². The average Bonchev–Trinajstić information content (AvgIpc) is 2.74. The van der Waals surface area contributed by atoms with Crippen LogP contribution in [0.1, 0.15) is 29.2 Å². The molecule has 19 heavy (non-hydrogen) atoms. The molecule has 102 valence electrons. The normalized spacial score (nSPS) is 13.4. The molecule has 2 aromatic rings. The molecule has 0 saturated heterocycles. The second-order valence-corrected chi connectivity index (χ2v) is 6.76. The van der Waals surface area contributed by atoms with Crippen LogP contribution in [0.15, 0.2) is 34.9 Å². The lowest BCUT2D eigenvalue weighted by Gasteiger charge is -2.12. The quantitative estimate of drug-likeness (QED) is 0.865. The minimum absolute atomic E-state index is 0.216. The number of nitrogens with zero attached hydrogens (tertiary/aromatic N) is 1. The summed E-state index contributed by atoms with van der Waals surface area (Å²) in [5.74, 6) is -0.294. The average molecular weight is 283 g/mol. The standard InChI is InChI=1S/C13H14FNO3S/c1-9-7-13(18-15-9)8-19(16,17)10(2)11-3-5-12(14)6-4-11/h3-7,10H,8H2,1-2H3/t10-/m1/s1. The van der Waals surface area contributed by atoms with Crippen molar-refractivity contribution in [1.29, 1.82) is 0 Å². The lowest BCUT2D eigenvalue weighted by Crippen LogP contribution is -2.12. The molecular weight excluding hydrogens is 269 g/mol. The molecular formula is C13H14FNO3S. The van der Waals surface area contributed by atoms with Crippen LogP contribution < -0.4 is 0 Å². The second kappa shape index (κ2) is 5.13. The molecule has 0 fully saturated rings. The van der Waals surface area contributed by atoms with Gasteiger partial charge < -0.3 is 4.52 Å². The fourth-order valence-electron chi connectivity index (χ4n) is 1.75. The van der Waals surface area contributed by atoms with Crippen molar-refractivity contribution in [3.63, 3.8) is 0 Å². The van der Waals surface area contributed by atoms with Crippen molar-refractivity contribution in [3.8, 4) is 0 Å². The van der Waals surface area contributed by atoms with Gasteiger partial charge in [0.25, 0.3) is 0 Å². The molecule has 2 rings (SSSR count). The first kappa shape index (κ1) is 13.7. The van der Waals surface area contributed by atoms with E-state index in [0.29, 0.717) is 17.0 Å². The Morgan fingerprint density at radius 1 is 1.32 bits per heavy atom. The molecule has 0 radical (unpaired) electrons. The zero-order valence-corrected chi connectivity index (χ0v) is 11.4. The summed E-state index contributed by atoms with van der Waals surface area (Å²) < 4.78 is 42.2. The first-order valence-corrected chi connectivity index (χ1v) is 7.49. The van der Waals surface area contributed by atoms with Gasteiger partial charge in [0, 0.05) is 6.07 Å². The molecule has 0 bridgehead atoms. The summed E-state index contributed by atoms with van der Waals surface area (Å²) in [6, 6.07) is 7.04. The molecule has 0 aliphatic rings. The van der Waals surface area contributed by atoms with Crippen molar-refractivity contribution in [2.45, 2.75) is 24.9 Å². The van der Waals surface area contributed by atoms with E-state index in [1.54, 1.807) is 19.9 Å².